The lowest BCUT2D eigenvalue weighted by Gasteiger charge is -2.46. The van der Waals surface area contributed by atoms with Crippen LogP contribution in [0.1, 0.15) is 25.3 Å². The Kier molecular flexibility index (Phi) is 9.54. The molecule has 2 aromatic rings. The van der Waals surface area contributed by atoms with Gasteiger partial charge in [-0.25, -0.2) is 13.6 Å². The number of rotatable bonds is 4. The molecule has 11 heteroatoms. The number of carboxylic acids is 1. The van der Waals surface area contributed by atoms with Crippen LogP contribution < -0.4 is 4.90 Å². The number of ether oxygens (including phenoxy) is 1. The summed E-state index contributed by atoms with van der Waals surface area (Å²) < 4.78 is 66.0. The number of para-hydroxylation sites is 1. The third-order valence-corrected chi connectivity index (χ3v) is 6.58. The molecule has 36 heavy (non-hydrogen) atoms. The van der Waals surface area contributed by atoms with Crippen molar-refractivity contribution in [3.63, 3.8) is 0 Å². The van der Waals surface area contributed by atoms with Gasteiger partial charge in [0, 0.05) is 36.7 Å². The quantitative estimate of drug-likeness (QED) is 0.521. The van der Waals surface area contributed by atoms with E-state index in [1.807, 2.05) is 17.0 Å². The molecular weight excluding hydrogens is 507 g/mol. The van der Waals surface area contributed by atoms with Gasteiger partial charge in [-0.3, -0.25) is 4.90 Å². The SMILES string of the molecule is C[C@H]1CN(C2CCN(c3c(F)cccc3F)CC2)[C@@H](Cc2ccc(Cl)cc2)CO1.O=C(O)C(F)(F)F. The third-order valence-electron chi connectivity index (χ3n) is 6.32. The highest BCUT2D eigenvalue weighted by molar-refractivity contribution is 6.30. The molecular formula is C25H28ClF5N2O3. The van der Waals surface area contributed by atoms with E-state index in [9.17, 15) is 22.0 Å². The summed E-state index contributed by atoms with van der Waals surface area (Å²) in [5.41, 5.74) is 1.35. The molecule has 0 saturated carbocycles. The van der Waals surface area contributed by atoms with Crippen LogP contribution >= 0.6 is 11.6 Å². The number of carboxylic acid groups (broad SMARTS) is 1. The molecule has 0 bridgehead atoms. The molecule has 2 heterocycles. The summed E-state index contributed by atoms with van der Waals surface area (Å²) in [6.45, 7) is 5.00. The molecule has 0 aliphatic carbocycles. The van der Waals surface area contributed by atoms with Gasteiger partial charge in [-0.2, -0.15) is 13.2 Å². The fourth-order valence-electron chi connectivity index (χ4n) is 4.60. The van der Waals surface area contributed by atoms with Crippen LogP contribution in [-0.2, 0) is 16.0 Å². The van der Waals surface area contributed by atoms with Crippen molar-refractivity contribution in [2.75, 3.05) is 31.1 Å². The average molecular weight is 535 g/mol. The Morgan fingerprint density at radius 2 is 1.64 bits per heavy atom. The number of alkyl halides is 3. The number of hydrogen-bond acceptors (Lipinski definition) is 4. The highest BCUT2D eigenvalue weighted by Gasteiger charge is 2.38. The van der Waals surface area contributed by atoms with Crippen molar-refractivity contribution in [1.82, 2.24) is 4.90 Å². The summed E-state index contributed by atoms with van der Waals surface area (Å²) >= 11 is 6.02. The van der Waals surface area contributed by atoms with E-state index in [1.54, 1.807) is 0 Å². The predicted octanol–water partition coefficient (Wildman–Crippen LogP) is 5.55. The molecule has 198 valence electrons. The predicted molar refractivity (Wildman–Crippen MR) is 126 cm³/mol. The van der Waals surface area contributed by atoms with Gasteiger partial charge in [0.15, 0.2) is 0 Å². The van der Waals surface area contributed by atoms with Crippen LogP contribution in [0, 0.1) is 11.6 Å². The first kappa shape index (κ1) is 28.1. The maximum atomic E-state index is 14.2. The fraction of sp³-hybridized carbons (Fsp3) is 0.480. The normalized spacial score (nSPS) is 21.6. The Labute approximate surface area is 211 Å². The monoisotopic (exact) mass is 534 g/mol. The van der Waals surface area contributed by atoms with E-state index < -0.39 is 23.8 Å². The van der Waals surface area contributed by atoms with Crippen LogP contribution in [0.15, 0.2) is 42.5 Å². The zero-order valence-electron chi connectivity index (χ0n) is 19.6. The van der Waals surface area contributed by atoms with E-state index in [2.05, 4.69) is 24.0 Å². The van der Waals surface area contributed by atoms with Gasteiger partial charge in [0.05, 0.1) is 12.7 Å². The highest BCUT2D eigenvalue weighted by atomic mass is 35.5. The Bertz CT molecular complexity index is 993. The number of carbonyl (C=O) groups is 1. The minimum Gasteiger partial charge on any atom is -0.475 e. The average Bonchev–Trinajstić information content (AvgIpc) is 2.82. The molecule has 2 fully saturated rings. The lowest BCUT2D eigenvalue weighted by molar-refractivity contribution is -0.192. The Morgan fingerprint density at radius 3 is 2.17 bits per heavy atom. The van der Waals surface area contributed by atoms with Crippen molar-refractivity contribution < 1.29 is 36.6 Å². The Balaban J connectivity index is 0.000000454. The molecule has 0 aromatic heterocycles. The van der Waals surface area contributed by atoms with E-state index in [4.69, 9.17) is 26.2 Å². The molecule has 0 radical (unpaired) electrons. The van der Waals surface area contributed by atoms with Crippen LogP contribution in [0.3, 0.4) is 0 Å². The molecule has 4 rings (SSSR count). The number of nitrogens with zero attached hydrogens (tertiary/aromatic N) is 2. The van der Waals surface area contributed by atoms with E-state index in [1.165, 1.54) is 23.8 Å². The molecule has 5 nitrogen and oxygen atoms in total. The molecule has 0 amide bonds. The summed E-state index contributed by atoms with van der Waals surface area (Å²) in [6, 6.07) is 12.8. The number of hydrogen-bond donors (Lipinski definition) is 1. The van der Waals surface area contributed by atoms with Gasteiger partial charge in [-0.05, 0) is 56.0 Å². The Hall–Kier alpha value is -2.43. The molecule has 2 saturated heterocycles. The largest absolute Gasteiger partial charge is 0.490 e. The van der Waals surface area contributed by atoms with Crippen LogP contribution in [0.4, 0.5) is 27.6 Å². The number of benzene rings is 2. The third kappa shape index (κ3) is 7.54. The first-order valence-electron chi connectivity index (χ1n) is 11.6. The van der Waals surface area contributed by atoms with Gasteiger partial charge < -0.3 is 14.7 Å². The molecule has 2 aliphatic rings. The molecule has 2 aromatic carbocycles. The van der Waals surface area contributed by atoms with Crippen molar-refractivity contribution >= 4 is 23.3 Å². The van der Waals surface area contributed by atoms with Gasteiger partial charge in [0.1, 0.15) is 17.3 Å². The maximum Gasteiger partial charge on any atom is 0.490 e. The van der Waals surface area contributed by atoms with Gasteiger partial charge in [0.2, 0.25) is 0 Å². The minimum atomic E-state index is -5.08. The fourth-order valence-corrected chi connectivity index (χ4v) is 4.72. The smallest absolute Gasteiger partial charge is 0.475 e. The van der Waals surface area contributed by atoms with E-state index in [-0.39, 0.29) is 11.8 Å². The van der Waals surface area contributed by atoms with Gasteiger partial charge in [0.25, 0.3) is 0 Å². The van der Waals surface area contributed by atoms with Gasteiger partial charge in [-0.15, -0.1) is 0 Å². The Morgan fingerprint density at radius 1 is 1.08 bits per heavy atom. The zero-order valence-corrected chi connectivity index (χ0v) is 20.4. The lowest BCUT2D eigenvalue weighted by Crippen LogP contribution is -2.56. The minimum absolute atomic E-state index is 0.110. The standard InChI is InChI=1S/C23H27ClF2N2O.C2HF3O2/c1-16-14-28(20(15-29-16)13-17-5-7-18(24)8-6-17)19-9-11-27(12-10-19)23-21(25)3-2-4-22(23)26;3-2(4,5)1(6)7/h2-8,16,19-20H,9-15H2,1H3;(H,6,7)/t16-,20-;/m0./s1. The van der Waals surface area contributed by atoms with Gasteiger partial charge >= 0.3 is 12.1 Å². The second-order valence-corrected chi connectivity index (χ2v) is 9.35. The summed E-state index contributed by atoms with van der Waals surface area (Å²) in [4.78, 5) is 13.3. The first-order chi connectivity index (χ1) is 17.0. The zero-order chi connectivity index (χ0) is 26.5. The summed E-state index contributed by atoms with van der Waals surface area (Å²) in [5, 5.41) is 7.87. The number of halogens is 6. The second kappa shape index (κ2) is 12.2. The van der Waals surface area contributed by atoms with Crippen LogP contribution in [0.5, 0.6) is 0 Å². The van der Waals surface area contributed by atoms with Crippen molar-refractivity contribution in [1.29, 1.82) is 0 Å². The van der Waals surface area contributed by atoms with Gasteiger partial charge in [-0.1, -0.05) is 29.8 Å². The van der Waals surface area contributed by atoms with E-state index >= 15 is 0 Å². The van der Waals surface area contributed by atoms with E-state index in [0.717, 1.165) is 30.8 Å². The van der Waals surface area contributed by atoms with Crippen LogP contribution in [0.25, 0.3) is 0 Å². The second-order valence-electron chi connectivity index (χ2n) is 8.92. The van der Waals surface area contributed by atoms with Crippen LogP contribution in [-0.4, -0.2) is 66.6 Å². The molecule has 2 aliphatic heterocycles. The van der Waals surface area contributed by atoms with Crippen molar-refractivity contribution in [2.45, 2.75) is 50.6 Å². The summed E-state index contributed by atoms with van der Waals surface area (Å²) in [7, 11) is 0. The number of morpholine rings is 1. The van der Waals surface area contributed by atoms with Crippen molar-refractivity contribution in [3.05, 3.63) is 64.7 Å². The number of piperidine rings is 1. The molecule has 0 spiro atoms. The molecule has 1 N–H and O–H groups in total. The highest BCUT2D eigenvalue weighted by Crippen LogP contribution is 2.30. The molecule has 2 atom stereocenters. The van der Waals surface area contributed by atoms with Crippen molar-refractivity contribution in [2.24, 2.45) is 0 Å². The summed E-state index contributed by atoms with van der Waals surface area (Å²) in [6.07, 6.45) is -2.21. The topological polar surface area (TPSA) is 53.0 Å². The molecule has 0 unspecified atom stereocenters. The van der Waals surface area contributed by atoms with Crippen LogP contribution in [0.2, 0.25) is 5.02 Å². The summed E-state index contributed by atoms with van der Waals surface area (Å²) in [5.74, 6) is -3.72. The lowest BCUT2D eigenvalue weighted by atomic mass is 9.96. The number of anilines is 1. The van der Waals surface area contributed by atoms with Crippen molar-refractivity contribution in [3.8, 4) is 0 Å². The maximum absolute atomic E-state index is 14.2. The number of aliphatic carboxylic acids is 1. The first-order valence-corrected chi connectivity index (χ1v) is 11.9. The van der Waals surface area contributed by atoms with E-state index in [0.29, 0.717) is 31.8 Å².